The van der Waals surface area contributed by atoms with Crippen LogP contribution in [0.15, 0.2) is 4.99 Å². The zero-order chi connectivity index (χ0) is 13.2. The lowest BCUT2D eigenvalue weighted by Gasteiger charge is -2.34. The quantitative estimate of drug-likeness (QED) is 0.404. The number of nitrogens with one attached hydrogen (secondary N) is 1. The molecule has 4 nitrogen and oxygen atoms in total. The topological polar surface area (TPSA) is 53.6 Å². The smallest absolute Gasteiger partial charge is 0.188 e. The standard InChI is InChI=1S/C14H30N4.HI/c1-3-5-10-18-11-7-6-8-13(18)12-17-14(15)16-9-4-2;/h13H,3-12H2,1-2H3,(H3,15,16,17);1H. The van der Waals surface area contributed by atoms with Crippen LogP contribution in [0.4, 0.5) is 0 Å². The molecule has 0 aromatic rings. The van der Waals surface area contributed by atoms with Crippen LogP contribution in [0.3, 0.4) is 0 Å². The van der Waals surface area contributed by atoms with E-state index in [2.05, 4.69) is 29.1 Å². The zero-order valence-corrected chi connectivity index (χ0v) is 14.9. The van der Waals surface area contributed by atoms with Crippen molar-refractivity contribution in [2.75, 3.05) is 26.2 Å². The fourth-order valence-electron chi connectivity index (χ4n) is 2.44. The molecule has 1 aliphatic rings. The molecule has 0 radical (unpaired) electrons. The summed E-state index contributed by atoms with van der Waals surface area (Å²) in [5, 5.41) is 3.14. The molecule has 114 valence electrons. The van der Waals surface area contributed by atoms with Crippen molar-refractivity contribution in [1.29, 1.82) is 0 Å². The summed E-state index contributed by atoms with van der Waals surface area (Å²) in [5.74, 6) is 0.609. The second-order valence-electron chi connectivity index (χ2n) is 5.19. The van der Waals surface area contributed by atoms with Crippen LogP contribution in [0.25, 0.3) is 0 Å². The molecule has 1 aliphatic heterocycles. The lowest BCUT2D eigenvalue weighted by molar-refractivity contribution is 0.151. The van der Waals surface area contributed by atoms with E-state index < -0.39 is 0 Å². The number of hydrogen-bond acceptors (Lipinski definition) is 2. The Hall–Kier alpha value is -0.0400. The summed E-state index contributed by atoms with van der Waals surface area (Å²) in [7, 11) is 0. The number of rotatable bonds is 7. The Labute approximate surface area is 135 Å². The molecular formula is C14H31IN4. The summed E-state index contributed by atoms with van der Waals surface area (Å²) in [5.41, 5.74) is 5.84. The number of likely N-dealkylation sites (tertiary alicyclic amines) is 1. The molecule has 1 heterocycles. The van der Waals surface area contributed by atoms with Gasteiger partial charge in [0.25, 0.3) is 0 Å². The fraction of sp³-hybridized carbons (Fsp3) is 0.929. The highest BCUT2D eigenvalue weighted by atomic mass is 127. The average Bonchev–Trinajstić information content (AvgIpc) is 2.41. The van der Waals surface area contributed by atoms with Crippen LogP contribution in [-0.4, -0.2) is 43.1 Å². The number of piperidine rings is 1. The summed E-state index contributed by atoms with van der Waals surface area (Å²) in [4.78, 5) is 7.09. The molecule has 0 aromatic carbocycles. The van der Waals surface area contributed by atoms with Gasteiger partial charge in [-0.2, -0.15) is 0 Å². The van der Waals surface area contributed by atoms with Gasteiger partial charge in [0.15, 0.2) is 5.96 Å². The van der Waals surface area contributed by atoms with E-state index in [1.165, 1.54) is 45.2 Å². The van der Waals surface area contributed by atoms with Crippen molar-refractivity contribution in [3.8, 4) is 0 Å². The number of unbranched alkanes of at least 4 members (excludes halogenated alkanes) is 1. The van der Waals surface area contributed by atoms with Gasteiger partial charge < -0.3 is 11.1 Å². The minimum atomic E-state index is 0. The highest BCUT2D eigenvalue weighted by Crippen LogP contribution is 2.17. The second-order valence-corrected chi connectivity index (χ2v) is 5.19. The number of hydrogen-bond donors (Lipinski definition) is 2. The molecule has 19 heavy (non-hydrogen) atoms. The first-order valence-electron chi connectivity index (χ1n) is 7.55. The summed E-state index contributed by atoms with van der Waals surface area (Å²) in [6.45, 7) is 8.62. The highest BCUT2D eigenvalue weighted by Gasteiger charge is 2.21. The summed E-state index contributed by atoms with van der Waals surface area (Å²) in [6, 6.07) is 0.604. The lowest BCUT2D eigenvalue weighted by atomic mass is 10.0. The number of aliphatic imine (C=N–C) groups is 1. The van der Waals surface area contributed by atoms with Crippen LogP contribution in [0.2, 0.25) is 0 Å². The van der Waals surface area contributed by atoms with Gasteiger partial charge >= 0.3 is 0 Å². The molecule has 0 amide bonds. The van der Waals surface area contributed by atoms with E-state index in [0.717, 1.165) is 19.5 Å². The largest absolute Gasteiger partial charge is 0.370 e. The Morgan fingerprint density at radius 3 is 2.79 bits per heavy atom. The molecule has 3 N–H and O–H groups in total. The van der Waals surface area contributed by atoms with E-state index in [-0.39, 0.29) is 24.0 Å². The maximum absolute atomic E-state index is 5.84. The predicted molar refractivity (Wildman–Crippen MR) is 94.3 cm³/mol. The van der Waals surface area contributed by atoms with Crippen molar-refractivity contribution in [2.24, 2.45) is 10.7 Å². The van der Waals surface area contributed by atoms with Crippen molar-refractivity contribution in [3.63, 3.8) is 0 Å². The van der Waals surface area contributed by atoms with E-state index >= 15 is 0 Å². The number of nitrogens with two attached hydrogens (primary N) is 1. The Balaban J connectivity index is 0.00000324. The first-order chi connectivity index (χ1) is 8.77. The van der Waals surface area contributed by atoms with Crippen LogP contribution in [0, 0.1) is 0 Å². The van der Waals surface area contributed by atoms with Gasteiger partial charge in [-0.1, -0.05) is 26.7 Å². The summed E-state index contributed by atoms with van der Waals surface area (Å²) in [6.07, 6.45) is 7.60. The van der Waals surface area contributed by atoms with Gasteiger partial charge in [-0.05, 0) is 38.8 Å². The molecule has 5 heteroatoms. The predicted octanol–water partition coefficient (Wildman–Crippen LogP) is 2.57. The second kappa shape index (κ2) is 11.8. The van der Waals surface area contributed by atoms with Gasteiger partial charge in [0.1, 0.15) is 0 Å². The van der Waals surface area contributed by atoms with Crippen LogP contribution >= 0.6 is 24.0 Å². The first-order valence-corrected chi connectivity index (χ1v) is 7.55. The third kappa shape index (κ3) is 7.97. The maximum Gasteiger partial charge on any atom is 0.188 e. The molecular weight excluding hydrogens is 351 g/mol. The third-order valence-electron chi connectivity index (χ3n) is 3.58. The van der Waals surface area contributed by atoms with Crippen molar-refractivity contribution in [1.82, 2.24) is 10.2 Å². The molecule has 1 saturated heterocycles. The van der Waals surface area contributed by atoms with Gasteiger partial charge in [0.05, 0.1) is 6.54 Å². The van der Waals surface area contributed by atoms with Crippen molar-refractivity contribution < 1.29 is 0 Å². The van der Waals surface area contributed by atoms with E-state index in [1.54, 1.807) is 0 Å². The molecule has 1 fully saturated rings. The Bertz CT molecular complexity index is 246. The van der Waals surface area contributed by atoms with Crippen LogP contribution in [0.5, 0.6) is 0 Å². The van der Waals surface area contributed by atoms with Crippen molar-refractivity contribution in [2.45, 2.75) is 58.4 Å². The van der Waals surface area contributed by atoms with Gasteiger partial charge in [-0.15, -0.1) is 24.0 Å². The third-order valence-corrected chi connectivity index (χ3v) is 3.58. The number of nitrogens with zero attached hydrogens (tertiary/aromatic N) is 2. The minimum absolute atomic E-state index is 0. The van der Waals surface area contributed by atoms with Crippen molar-refractivity contribution in [3.05, 3.63) is 0 Å². The van der Waals surface area contributed by atoms with E-state index in [0.29, 0.717) is 12.0 Å². The molecule has 1 rings (SSSR count). The number of halogens is 1. The lowest BCUT2D eigenvalue weighted by Crippen LogP contribution is -2.43. The molecule has 1 unspecified atom stereocenters. The minimum Gasteiger partial charge on any atom is -0.370 e. The summed E-state index contributed by atoms with van der Waals surface area (Å²) >= 11 is 0. The van der Waals surface area contributed by atoms with Crippen LogP contribution in [-0.2, 0) is 0 Å². The monoisotopic (exact) mass is 382 g/mol. The first kappa shape index (κ1) is 19.0. The average molecular weight is 382 g/mol. The maximum atomic E-state index is 5.84. The number of guanidine groups is 1. The molecule has 0 spiro atoms. The van der Waals surface area contributed by atoms with Crippen LogP contribution in [0.1, 0.15) is 52.4 Å². The van der Waals surface area contributed by atoms with E-state index in [4.69, 9.17) is 5.73 Å². The molecule has 0 bridgehead atoms. The van der Waals surface area contributed by atoms with Gasteiger partial charge in [0, 0.05) is 12.6 Å². The van der Waals surface area contributed by atoms with Gasteiger partial charge in [-0.3, -0.25) is 9.89 Å². The zero-order valence-electron chi connectivity index (χ0n) is 12.5. The Kier molecular flexibility index (Phi) is 11.7. The van der Waals surface area contributed by atoms with Crippen LogP contribution < -0.4 is 11.1 Å². The molecule has 0 saturated carbocycles. The van der Waals surface area contributed by atoms with E-state index in [1.807, 2.05) is 0 Å². The van der Waals surface area contributed by atoms with E-state index in [9.17, 15) is 0 Å². The molecule has 0 aliphatic carbocycles. The fourth-order valence-corrected chi connectivity index (χ4v) is 2.44. The van der Waals surface area contributed by atoms with Crippen molar-refractivity contribution >= 4 is 29.9 Å². The molecule has 1 atom stereocenters. The normalized spacial score (nSPS) is 20.9. The summed E-state index contributed by atoms with van der Waals surface area (Å²) < 4.78 is 0. The molecule has 0 aromatic heterocycles. The Morgan fingerprint density at radius 1 is 1.32 bits per heavy atom. The van der Waals surface area contributed by atoms with Gasteiger partial charge in [-0.25, -0.2) is 0 Å². The Morgan fingerprint density at radius 2 is 2.11 bits per heavy atom. The SMILES string of the molecule is CCCCN1CCCCC1CN=C(N)NCCC.I. The highest BCUT2D eigenvalue weighted by molar-refractivity contribution is 14.0. The van der Waals surface area contributed by atoms with Gasteiger partial charge in [0.2, 0.25) is 0 Å².